The predicted octanol–water partition coefficient (Wildman–Crippen LogP) is 3.60. The van der Waals surface area contributed by atoms with Crippen molar-refractivity contribution in [2.75, 3.05) is 7.11 Å². The number of hydrogen-bond acceptors (Lipinski definition) is 4. The van der Waals surface area contributed by atoms with Gasteiger partial charge in [-0.3, -0.25) is 4.57 Å². The van der Waals surface area contributed by atoms with Crippen LogP contribution >= 0.6 is 11.6 Å². The first kappa shape index (κ1) is 14.1. The fraction of sp³-hybridized carbons (Fsp3) is 0.143. The zero-order valence-corrected chi connectivity index (χ0v) is 11.7. The molecule has 0 amide bonds. The molecule has 0 aliphatic heterocycles. The monoisotopic (exact) mass is 293 g/mol. The van der Waals surface area contributed by atoms with E-state index in [0.29, 0.717) is 15.9 Å². The van der Waals surface area contributed by atoms with Crippen LogP contribution in [-0.4, -0.2) is 23.7 Å². The number of methoxy groups -OCH3 is 1. The van der Waals surface area contributed by atoms with Crippen LogP contribution in [0.15, 0.2) is 36.7 Å². The number of rotatable bonds is 2. The zero-order chi connectivity index (χ0) is 14.9. The summed E-state index contributed by atoms with van der Waals surface area (Å²) in [6.45, 7) is 5.07. The maximum absolute atomic E-state index is 11.9. The first-order valence-electron chi connectivity index (χ1n) is 5.70. The normalized spacial score (nSPS) is 10.3. The van der Waals surface area contributed by atoms with Crippen LogP contribution in [0.4, 0.5) is 4.79 Å². The molecule has 0 atom stereocenters. The van der Waals surface area contributed by atoms with E-state index >= 15 is 0 Å². The minimum Gasteiger partial charge on any atom is -0.465 e. The molecule has 1 aromatic heterocycles. The minimum atomic E-state index is -0.620. The molecule has 0 saturated carbocycles. The lowest BCUT2D eigenvalue weighted by Crippen LogP contribution is -2.11. The molecule has 20 heavy (non-hydrogen) atoms. The maximum Gasteiger partial charge on any atom is 0.423 e. The van der Waals surface area contributed by atoms with Crippen LogP contribution < -0.4 is 0 Å². The Labute approximate surface area is 120 Å². The van der Waals surface area contributed by atoms with Crippen molar-refractivity contribution in [1.82, 2.24) is 4.57 Å². The molecule has 0 fully saturated rings. The average Bonchev–Trinajstić information content (AvgIpc) is 2.79. The van der Waals surface area contributed by atoms with Crippen molar-refractivity contribution in [2.24, 2.45) is 0 Å². The van der Waals surface area contributed by atoms with Crippen LogP contribution in [0.25, 0.3) is 10.9 Å². The van der Waals surface area contributed by atoms with Gasteiger partial charge in [0.1, 0.15) is 0 Å². The molecule has 0 spiro atoms. The minimum absolute atomic E-state index is 0.270. The summed E-state index contributed by atoms with van der Waals surface area (Å²) < 4.78 is 10.9. The molecule has 104 valence electrons. The van der Waals surface area contributed by atoms with Gasteiger partial charge < -0.3 is 9.47 Å². The SMILES string of the molecule is C=C(C)OC(=O)n1ccc2c(C(=O)OC)cc(Cl)cc21. The second kappa shape index (κ2) is 5.38. The molecule has 0 N–H and O–H groups in total. The topological polar surface area (TPSA) is 57.5 Å². The Hall–Kier alpha value is -2.27. The number of carbonyl (C=O) groups excluding carboxylic acids is 2. The molecule has 6 heteroatoms. The number of allylic oxidation sites excluding steroid dienone is 1. The molecule has 5 nitrogen and oxygen atoms in total. The maximum atomic E-state index is 11.9. The largest absolute Gasteiger partial charge is 0.465 e. The van der Waals surface area contributed by atoms with Gasteiger partial charge in [-0.25, -0.2) is 9.59 Å². The lowest BCUT2D eigenvalue weighted by atomic mass is 10.1. The Bertz CT molecular complexity index is 717. The van der Waals surface area contributed by atoms with E-state index in [4.69, 9.17) is 21.1 Å². The Kier molecular flexibility index (Phi) is 3.81. The predicted molar refractivity (Wildman–Crippen MR) is 75.0 cm³/mol. The smallest absolute Gasteiger partial charge is 0.423 e. The van der Waals surface area contributed by atoms with Crippen molar-refractivity contribution in [3.05, 3.63) is 47.3 Å². The van der Waals surface area contributed by atoms with E-state index < -0.39 is 12.1 Å². The van der Waals surface area contributed by atoms with Gasteiger partial charge in [-0.05, 0) is 25.1 Å². The van der Waals surface area contributed by atoms with Gasteiger partial charge in [-0.15, -0.1) is 0 Å². The van der Waals surface area contributed by atoms with Crippen LogP contribution in [0.2, 0.25) is 5.02 Å². The summed E-state index contributed by atoms with van der Waals surface area (Å²) >= 11 is 5.97. The van der Waals surface area contributed by atoms with E-state index in [1.54, 1.807) is 19.1 Å². The molecule has 0 unspecified atom stereocenters. The number of aromatic nitrogens is 1. The van der Waals surface area contributed by atoms with Crippen molar-refractivity contribution < 1.29 is 19.1 Å². The van der Waals surface area contributed by atoms with Gasteiger partial charge >= 0.3 is 12.1 Å². The van der Waals surface area contributed by atoms with Gasteiger partial charge in [-0.1, -0.05) is 18.2 Å². The summed E-state index contributed by atoms with van der Waals surface area (Å²) in [4.78, 5) is 23.6. The molecule has 1 heterocycles. The Morgan fingerprint density at radius 3 is 2.65 bits per heavy atom. The quantitative estimate of drug-likeness (QED) is 0.627. The standard InChI is InChI=1S/C14H12ClNO4/c1-8(2)20-14(18)16-5-4-10-11(13(17)19-3)6-9(15)7-12(10)16/h4-7H,1H2,2-3H3. The van der Waals surface area contributed by atoms with E-state index in [2.05, 4.69) is 6.58 Å². The van der Waals surface area contributed by atoms with Gasteiger partial charge in [0.25, 0.3) is 0 Å². The molecular weight excluding hydrogens is 282 g/mol. The number of benzene rings is 1. The lowest BCUT2D eigenvalue weighted by molar-refractivity contribution is 0.0603. The number of fused-ring (bicyclic) bond motifs is 1. The molecule has 2 rings (SSSR count). The van der Waals surface area contributed by atoms with Crippen molar-refractivity contribution in [3.63, 3.8) is 0 Å². The zero-order valence-electron chi connectivity index (χ0n) is 11.0. The van der Waals surface area contributed by atoms with E-state index in [0.717, 1.165) is 0 Å². The van der Waals surface area contributed by atoms with E-state index in [9.17, 15) is 9.59 Å². The third-order valence-corrected chi connectivity index (χ3v) is 2.85. The number of nitrogens with zero attached hydrogens (tertiary/aromatic N) is 1. The Balaban J connectivity index is 2.61. The second-order valence-electron chi connectivity index (χ2n) is 4.13. The van der Waals surface area contributed by atoms with Crippen molar-refractivity contribution >= 4 is 34.6 Å². The van der Waals surface area contributed by atoms with Crippen molar-refractivity contribution in [1.29, 1.82) is 0 Å². The molecule has 0 saturated heterocycles. The summed E-state index contributed by atoms with van der Waals surface area (Å²) in [7, 11) is 1.28. The van der Waals surface area contributed by atoms with Crippen LogP contribution in [0, 0.1) is 0 Å². The molecular formula is C14H12ClNO4. The highest BCUT2D eigenvalue weighted by molar-refractivity contribution is 6.32. The second-order valence-corrected chi connectivity index (χ2v) is 4.57. The first-order valence-corrected chi connectivity index (χ1v) is 6.08. The fourth-order valence-electron chi connectivity index (χ4n) is 1.84. The third kappa shape index (κ3) is 2.53. The van der Waals surface area contributed by atoms with Gasteiger partial charge in [0.05, 0.1) is 23.9 Å². The first-order chi connectivity index (χ1) is 9.43. The summed E-state index contributed by atoms with van der Waals surface area (Å²) in [5.41, 5.74) is 0.751. The van der Waals surface area contributed by atoms with Crippen LogP contribution in [0.5, 0.6) is 0 Å². The van der Waals surface area contributed by atoms with Crippen molar-refractivity contribution in [2.45, 2.75) is 6.92 Å². The molecule has 0 radical (unpaired) electrons. The Morgan fingerprint density at radius 2 is 2.05 bits per heavy atom. The van der Waals surface area contributed by atoms with Crippen LogP contribution in [0.3, 0.4) is 0 Å². The van der Waals surface area contributed by atoms with E-state index in [-0.39, 0.29) is 11.3 Å². The average molecular weight is 294 g/mol. The number of halogens is 1. The number of carbonyl (C=O) groups is 2. The number of ether oxygens (including phenoxy) is 2. The third-order valence-electron chi connectivity index (χ3n) is 2.64. The fourth-order valence-corrected chi connectivity index (χ4v) is 2.06. The van der Waals surface area contributed by atoms with Crippen molar-refractivity contribution in [3.8, 4) is 0 Å². The Morgan fingerprint density at radius 1 is 1.35 bits per heavy atom. The van der Waals surface area contributed by atoms with Crippen LogP contribution in [0.1, 0.15) is 17.3 Å². The summed E-state index contributed by atoms with van der Waals surface area (Å²) in [6, 6.07) is 4.69. The van der Waals surface area contributed by atoms with E-state index in [1.165, 1.54) is 23.9 Å². The summed E-state index contributed by atoms with van der Waals surface area (Å²) in [5, 5.41) is 0.876. The molecule has 0 aliphatic rings. The molecule has 0 bridgehead atoms. The highest BCUT2D eigenvalue weighted by atomic mass is 35.5. The highest BCUT2D eigenvalue weighted by Gasteiger charge is 2.17. The summed E-state index contributed by atoms with van der Waals surface area (Å²) in [6.07, 6.45) is 0.879. The van der Waals surface area contributed by atoms with Gasteiger partial charge in [0, 0.05) is 16.6 Å². The van der Waals surface area contributed by atoms with Gasteiger partial charge in [0.2, 0.25) is 0 Å². The molecule has 0 aliphatic carbocycles. The number of hydrogen-bond donors (Lipinski definition) is 0. The summed E-state index contributed by atoms with van der Waals surface area (Å²) in [5.74, 6) is -0.254. The van der Waals surface area contributed by atoms with Gasteiger partial charge in [0.15, 0.2) is 0 Å². The highest BCUT2D eigenvalue weighted by Crippen LogP contribution is 2.26. The molecule has 1 aromatic carbocycles. The van der Waals surface area contributed by atoms with Gasteiger partial charge in [-0.2, -0.15) is 0 Å². The number of esters is 1. The van der Waals surface area contributed by atoms with E-state index in [1.807, 2.05) is 0 Å². The molecule has 2 aromatic rings. The van der Waals surface area contributed by atoms with Crippen LogP contribution in [-0.2, 0) is 9.47 Å². The lowest BCUT2D eigenvalue weighted by Gasteiger charge is -2.07.